The number of benzene rings is 1. The number of hydrogen-bond donors (Lipinski definition) is 2. The molecule has 0 spiro atoms. The normalized spacial score (nSPS) is 17.4. The topological polar surface area (TPSA) is 52.6 Å². The summed E-state index contributed by atoms with van der Waals surface area (Å²) in [5.41, 5.74) is 0.286. The van der Waals surface area contributed by atoms with Crippen molar-refractivity contribution in [2.24, 2.45) is 0 Å². The molecule has 1 aliphatic rings. The maximum atomic E-state index is 12.3. The summed E-state index contributed by atoms with van der Waals surface area (Å²) in [5.74, 6) is 0.00929. The third kappa shape index (κ3) is 6.32. The second kappa shape index (κ2) is 7.45. The Balaban J connectivity index is 2.03. The second-order valence-electron chi connectivity index (χ2n) is 7.86. The van der Waals surface area contributed by atoms with Crippen LogP contribution in [0.5, 0.6) is 0 Å². The summed E-state index contributed by atoms with van der Waals surface area (Å²) in [6.45, 7) is 7.50. The summed E-state index contributed by atoms with van der Waals surface area (Å²) in [4.78, 5) is 14.4. The smallest absolute Gasteiger partial charge is 0.234 e. The first-order valence-corrected chi connectivity index (χ1v) is 8.55. The zero-order valence-electron chi connectivity index (χ0n) is 14.6. The lowest BCUT2D eigenvalue weighted by atomic mass is 10.0. The Labute approximate surface area is 139 Å². The van der Waals surface area contributed by atoms with Gasteiger partial charge in [-0.15, -0.1) is 0 Å². The summed E-state index contributed by atoms with van der Waals surface area (Å²) < 4.78 is 0. The van der Waals surface area contributed by atoms with Crippen molar-refractivity contribution in [1.82, 2.24) is 10.2 Å². The van der Waals surface area contributed by atoms with E-state index in [2.05, 4.69) is 22.3 Å². The highest BCUT2D eigenvalue weighted by Crippen LogP contribution is 2.30. The van der Waals surface area contributed by atoms with Crippen molar-refractivity contribution in [3.05, 3.63) is 35.9 Å². The van der Waals surface area contributed by atoms with E-state index in [1.165, 1.54) is 0 Å². The lowest BCUT2D eigenvalue weighted by Crippen LogP contribution is -2.49. The van der Waals surface area contributed by atoms with Gasteiger partial charge in [0.25, 0.3) is 0 Å². The number of hydrogen-bond acceptors (Lipinski definition) is 3. The molecule has 0 bridgehead atoms. The SMILES string of the molecule is CC(C)(C)NC(=O)CN(Cc1ccccc1)CC1(O)CCCC1. The minimum Gasteiger partial charge on any atom is -0.389 e. The molecule has 1 aliphatic carbocycles. The van der Waals surface area contributed by atoms with Gasteiger partial charge in [0.1, 0.15) is 0 Å². The highest BCUT2D eigenvalue weighted by molar-refractivity contribution is 5.78. The summed E-state index contributed by atoms with van der Waals surface area (Å²) >= 11 is 0. The molecular formula is C19H30N2O2. The van der Waals surface area contributed by atoms with Gasteiger partial charge in [-0.05, 0) is 39.2 Å². The molecule has 1 fully saturated rings. The molecule has 1 aromatic rings. The molecule has 4 heteroatoms. The Kier molecular flexibility index (Phi) is 5.82. The van der Waals surface area contributed by atoms with Crippen molar-refractivity contribution < 1.29 is 9.90 Å². The molecule has 1 saturated carbocycles. The lowest BCUT2D eigenvalue weighted by Gasteiger charge is -2.32. The van der Waals surface area contributed by atoms with Gasteiger partial charge in [0.05, 0.1) is 12.1 Å². The fourth-order valence-electron chi connectivity index (χ4n) is 3.28. The molecule has 0 atom stereocenters. The van der Waals surface area contributed by atoms with Crippen molar-refractivity contribution in [3.63, 3.8) is 0 Å². The van der Waals surface area contributed by atoms with Crippen LogP contribution in [0.4, 0.5) is 0 Å². The quantitative estimate of drug-likeness (QED) is 0.848. The van der Waals surface area contributed by atoms with E-state index in [1.54, 1.807) is 0 Å². The van der Waals surface area contributed by atoms with E-state index in [4.69, 9.17) is 0 Å². The minimum atomic E-state index is -0.642. The Hall–Kier alpha value is -1.39. The van der Waals surface area contributed by atoms with Gasteiger partial charge in [-0.1, -0.05) is 43.2 Å². The van der Waals surface area contributed by atoms with Gasteiger partial charge >= 0.3 is 0 Å². The fourth-order valence-corrected chi connectivity index (χ4v) is 3.28. The highest BCUT2D eigenvalue weighted by Gasteiger charge is 2.33. The second-order valence-corrected chi connectivity index (χ2v) is 7.86. The van der Waals surface area contributed by atoms with E-state index in [-0.39, 0.29) is 11.4 Å². The van der Waals surface area contributed by atoms with Crippen LogP contribution in [0.3, 0.4) is 0 Å². The molecule has 2 rings (SSSR count). The number of nitrogens with zero attached hydrogens (tertiary/aromatic N) is 1. The molecule has 0 radical (unpaired) electrons. The van der Waals surface area contributed by atoms with Gasteiger partial charge in [0.15, 0.2) is 0 Å². The van der Waals surface area contributed by atoms with Crippen molar-refractivity contribution in [3.8, 4) is 0 Å². The van der Waals surface area contributed by atoms with Crippen molar-refractivity contribution in [2.75, 3.05) is 13.1 Å². The number of aliphatic hydroxyl groups is 1. The van der Waals surface area contributed by atoms with Gasteiger partial charge in [-0.3, -0.25) is 9.69 Å². The molecule has 2 N–H and O–H groups in total. The predicted molar refractivity (Wildman–Crippen MR) is 93.0 cm³/mol. The van der Waals surface area contributed by atoms with Gasteiger partial charge in [-0.2, -0.15) is 0 Å². The molecule has 1 aromatic carbocycles. The Morgan fingerprint density at radius 1 is 1.22 bits per heavy atom. The molecule has 0 aromatic heterocycles. The van der Waals surface area contributed by atoms with Crippen LogP contribution >= 0.6 is 0 Å². The molecule has 1 amide bonds. The largest absolute Gasteiger partial charge is 0.389 e. The van der Waals surface area contributed by atoms with Crippen LogP contribution in [0.1, 0.15) is 52.0 Å². The zero-order valence-corrected chi connectivity index (χ0v) is 14.6. The number of carbonyl (C=O) groups excluding carboxylic acids is 1. The highest BCUT2D eigenvalue weighted by atomic mass is 16.3. The maximum Gasteiger partial charge on any atom is 0.234 e. The van der Waals surface area contributed by atoms with Crippen molar-refractivity contribution in [2.45, 2.75) is 64.1 Å². The number of nitrogens with one attached hydrogen (secondary N) is 1. The average molecular weight is 318 g/mol. The average Bonchev–Trinajstić information content (AvgIpc) is 2.84. The Morgan fingerprint density at radius 3 is 2.39 bits per heavy atom. The van der Waals surface area contributed by atoms with E-state index in [1.807, 2.05) is 39.0 Å². The van der Waals surface area contributed by atoms with E-state index < -0.39 is 5.60 Å². The number of rotatable bonds is 6. The van der Waals surface area contributed by atoms with Crippen LogP contribution in [0, 0.1) is 0 Å². The third-order valence-corrected chi connectivity index (χ3v) is 4.18. The summed E-state index contributed by atoms with van der Waals surface area (Å²) in [6.07, 6.45) is 3.81. The molecule has 4 nitrogen and oxygen atoms in total. The molecule has 0 saturated heterocycles. The molecule has 0 heterocycles. The van der Waals surface area contributed by atoms with Gasteiger partial charge in [-0.25, -0.2) is 0 Å². The summed E-state index contributed by atoms with van der Waals surface area (Å²) in [6, 6.07) is 10.1. The van der Waals surface area contributed by atoms with Crippen LogP contribution in [-0.4, -0.2) is 40.1 Å². The molecule has 128 valence electrons. The Bertz CT molecular complexity index is 502. The lowest BCUT2D eigenvalue weighted by molar-refractivity contribution is -0.124. The monoisotopic (exact) mass is 318 g/mol. The van der Waals surface area contributed by atoms with Crippen LogP contribution in [-0.2, 0) is 11.3 Å². The number of amides is 1. The van der Waals surface area contributed by atoms with Gasteiger partial charge in [0, 0.05) is 18.6 Å². The van der Waals surface area contributed by atoms with Crippen LogP contribution in [0.15, 0.2) is 30.3 Å². The molecular weight excluding hydrogens is 288 g/mol. The molecule has 23 heavy (non-hydrogen) atoms. The zero-order chi connectivity index (χ0) is 16.9. The third-order valence-electron chi connectivity index (χ3n) is 4.18. The van der Waals surface area contributed by atoms with E-state index in [0.717, 1.165) is 31.2 Å². The molecule has 0 aliphatic heterocycles. The standard InChI is InChI=1S/C19H30N2O2/c1-18(2,3)20-17(22)14-21(13-16-9-5-4-6-10-16)15-19(23)11-7-8-12-19/h4-6,9-10,23H,7-8,11-15H2,1-3H3,(H,20,22). The van der Waals surface area contributed by atoms with Crippen molar-refractivity contribution in [1.29, 1.82) is 0 Å². The van der Waals surface area contributed by atoms with Crippen molar-refractivity contribution >= 4 is 5.91 Å². The fraction of sp³-hybridized carbons (Fsp3) is 0.632. The summed E-state index contributed by atoms with van der Waals surface area (Å²) in [7, 11) is 0. The van der Waals surface area contributed by atoms with Crippen LogP contribution in [0.2, 0.25) is 0 Å². The number of carbonyl (C=O) groups is 1. The first-order chi connectivity index (χ1) is 10.8. The van der Waals surface area contributed by atoms with Gasteiger partial charge in [0.2, 0.25) is 5.91 Å². The van der Waals surface area contributed by atoms with Crippen LogP contribution < -0.4 is 5.32 Å². The minimum absolute atomic E-state index is 0.00929. The van der Waals surface area contributed by atoms with E-state index in [0.29, 0.717) is 19.6 Å². The summed E-state index contributed by atoms with van der Waals surface area (Å²) in [5, 5.41) is 13.7. The van der Waals surface area contributed by atoms with E-state index >= 15 is 0 Å². The molecule has 0 unspecified atom stereocenters. The predicted octanol–water partition coefficient (Wildman–Crippen LogP) is 2.71. The van der Waals surface area contributed by atoms with Crippen LogP contribution in [0.25, 0.3) is 0 Å². The van der Waals surface area contributed by atoms with Gasteiger partial charge < -0.3 is 10.4 Å². The van der Waals surface area contributed by atoms with E-state index in [9.17, 15) is 9.90 Å². The first kappa shape index (κ1) is 18.0. The Morgan fingerprint density at radius 2 is 1.83 bits per heavy atom. The first-order valence-electron chi connectivity index (χ1n) is 8.55. The maximum absolute atomic E-state index is 12.3.